The molecule has 2 heteroatoms. The molecule has 1 rings (SSSR count). The van der Waals surface area contributed by atoms with Gasteiger partial charge in [-0.3, -0.25) is 0 Å². The minimum Gasteiger partial charge on any atom is -0.411 e. The summed E-state index contributed by atoms with van der Waals surface area (Å²) >= 11 is 0. The van der Waals surface area contributed by atoms with E-state index in [0.29, 0.717) is 6.10 Å². The molecule has 1 fully saturated rings. The highest BCUT2D eigenvalue weighted by atomic mass is 28.3. The second-order valence-electron chi connectivity index (χ2n) is 6.87. The van der Waals surface area contributed by atoms with Crippen LogP contribution in [-0.2, 0) is 4.43 Å². The topological polar surface area (TPSA) is 9.23 Å². The zero-order valence-corrected chi connectivity index (χ0v) is 15.7. The van der Waals surface area contributed by atoms with Crippen LogP contribution in [0.1, 0.15) is 84.0 Å². The first-order valence-corrected chi connectivity index (χ1v) is 11.8. The van der Waals surface area contributed by atoms with E-state index < -0.39 is 9.04 Å². The van der Waals surface area contributed by atoms with E-state index in [9.17, 15) is 0 Å². The third-order valence-corrected chi connectivity index (χ3v) is 5.28. The first-order chi connectivity index (χ1) is 10.2. The summed E-state index contributed by atoms with van der Waals surface area (Å²) in [5, 5.41) is 0. The van der Waals surface area contributed by atoms with Gasteiger partial charge in [-0.2, -0.15) is 0 Å². The van der Waals surface area contributed by atoms with Gasteiger partial charge >= 0.3 is 0 Å². The second-order valence-corrected chi connectivity index (χ2v) is 8.93. The fourth-order valence-corrected chi connectivity index (χ4v) is 4.12. The van der Waals surface area contributed by atoms with Crippen molar-refractivity contribution in [3.05, 3.63) is 12.2 Å². The van der Waals surface area contributed by atoms with Gasteiger partial charge in [0, 0.05) is 0 Å². The Kier molecular flexibility index (Phi) is 11.3. The molecule has 0 aliphatic heterocycles. The van der Waals surface area contributed by atoms with E-state index in [2.05, 4.69) is 32.2 Å². The first-order valence-electron chi connectivity index (χ1n) is 9.37. The highest BCUT2D eigenvalue weighted by Crippen LogP contribution is 2.29. The Morgan fingerprint density at radius 3 is 2.33 bits per heavy atom. The number of rotatable bonds is 11. The van der Waals surface area contributed by atoms with Crippen molar-refractivity contribution in [2.75, 3.05) is 0 Å². The van der Waals surface area contributed by atoms with Gasteiger partial charge in [0.05, 0.1) is 6.10 Å². The summed E-state index contributed by atoms with van der Waals surface area (Å²) in [6.07, 6.45) is 21.8. The quantitative estimate of drug-likeness (QED) is 0.240. The fraction of sp³-hybridized carbons (Fsp3) is 0.895. The highest BCUT2D eigenvalue weighted by Gasteiger charge is 2.22. The van der Waals surface area contributed by atoms with Gasteiger partial charge in [0.2, 0.25) is 9.04 Å². The molecular formula is C19H37OSi. The maximum Gasteiger partial charge on any atom is 0.205 e. The smallest absolute Gasteiger partial charge is 0.205 e. The summed E-state index contributed by atoms with van der Waals surface area (Å²) in [4.78, 5) is 0. The van der Waals surface area contributed by atoms with Gasteiger partial charge in [0.25, 0.3) is 0 Å². The Bertz CT molecular complexity index is 256. The van der Waals surface area contributed by atoms with Crippen molar-refractivity contribution < 1.29 is 4.43 Å². The molecule has 21 heavy (non-hydrogen) atoms. The van der Waals surface area contributed by atoms with E-state index >= 15 is 0 Å². The number of allylic oxidation sites excluding steroid dienone is 1. The summed E-state index contributed by atoms with van der Waals surface area (Å²) in [5.74, 6) is 0.791. The third-order valence-electron chi connectivity index (χ3n) is 4.54. The van der Waals surface area contributed by atoms with Gasteiger partial charge < -0.3 is 4.43 Å². The fourth-order valence-electron chi connectivity index (χ4n) is 3.30. The van der Waals surface area contributed by atoms with Crippen LogP contribution in [0.25, 0.3) is 0 Å². The monoisotopic (exact) mass is 309 g/mol. The molecule has 0 aromatic heterocycles. The molecule has 0 N–H and O–H groups in total. The molecule has 123 valence electrons. The Balaban J connectivity index is 2.22. The van der Waals surface area contributed by atoms with Crippen LogP contribution in [0.15, 0.2) is 12.2 Å². The van der Waals surface area contributed by atoms with Crippen molar-refractivity contribution >= 4 is 9.04 Å². The molecule has 0 saturated heterocycles. The van der Waals surface area contributed by atoms with Gasteiger partial charge in [0.1, 0.15) is 0 Å². The molecule has 0 aromatic carbocycles. The summed E-state index contributed by atoms with van der Waals surface area (Å²) in [5.41, 5.74) is 0. The average Bonchev–Trinajstić information content (AvgIpc) is 2.49. The maximum atomic E-state index is 6.26. The molecule has 1 aliphatic carbocycles. The van der Waals surface area contributed by atoms with Crippen molar-refractivity contribution in [1.29, 1.82) is 0 Å². The predicted molar refractivity (Wildman–Crippen MR) is 96.1 cm³/mol. The number of hydrogen-bond donors (Lipinski definition) is 0. The molecule has 1 aliphatic rings. The van der Waals surface area contributed by atoms with E-state index in [-0.39, 0.29) is 0 Å². The lowest BCUT2D eigenvalue weighted by Gasteiger charge is -2.29. The van der Waals surface area contributed by atoms with E-state index in [1.807, 2.05) is 0 Å². The molecule has 1 radical (unpaired) electrons. The largest absolute Gasteiger partial charge is 0.411 e. The van der Waals surface area contributed by atoms with Gasteiger partial charge in [-0.05, 0) is 44.7 Å². The lowest BCUT2D eigenvalue weighted by atomic mass is 9.85. The molecule has 1 nitrogen and oxygen atoms in total. The summed E-state index contributed by atoms with van der Waals surface area (Å²) in [6, 6.07) is 0. The second kappa shape index (κ2) is 12.5. The molecule has 0 spiro atoms. The number of hydrogen-bond acceptors (Lipinski definition) is 1. The summed E-state index contributed by atoms with van der Waals surface area (Å²) in [6.45, 7) is 6.81. The molecule has 1 saturated carbocycles. The SMILES string of the molecule is CCCCCCCC/C=C/C(O[Si](C)C)C1CCCCC1. The standard InChI is InChI=1S/C19H37OSi/c1-4-5-6-7-8-9-10-14-17-19(20-21(2)3)18-15-12-11-13-16-18/h14,17-19H,4-13,15-16H2,1-3H3/b17-14+. The zero-order chi connectivity index (χ0) is 15.3. The van der Waals surface area contributed by atoms with Crippen molar-refractivity contribution in [2.45, 2.75) is 103 Å². The van der Waals surface area contributed by atoms with Crippen LogP contribution in [-0.4, -0.2) is 15.1 Å². The lowest BCUT2D eigenvalue weighted by molar-refractivity contribution is 0.147. The van der Waals surface area contributed by atoms with Crippen molar-refractivity contribution in [2.24, 2.45) is 5.92 Å². The van der Waals surface area contributed by atoms with Crippen LogP contribution in [0.5, 0.6) is 0 Å². The van der Waals surface area contributed by atoms with Crippen molar-refractivity contribution in [1.82, 2.24) is 0 Å². The Labute approximate surface area is 135 Å². The third kappa shape index (κ3) is 9.52. The van der Waals surface area contributed by atoms with E-state index in [4.69, 9.17) is 4.43 Å². The van der Waals surface area contributed by atoms with Gasteiger partial charge in [-0.15, -0.1) is 0 Å². The Hall–Kier alpha value is -0.0831. The minimum atomic E-state index is -0.590. The van der Waals surface area contributed by atoms with Crippen LogP contribution in [0.2, 0.25) is 13.1 Å². The zero-order valence-electron chi connectivity index (χ0n) is 14.7. The van der Waals surface area contributed by atoms with Crippen molar-refractivity contribution in [3.63, 3.8) is 0 Å². The average molecular weight is 310 g/mol. The Morgan fingerprint density at radius 1 is 1.00 bits per heavy atom. The Morgan fingerprint density at radius 2 is 1.67 bits per heavy atom. The van der Waals surface area contributed by atoms with Gasteiger partial charge in [-0.1, -0.05) is 70.4 Å². The molecule has 1 unspecified atom stereocenters. The van der Waals surface area contributed by atoms with Gasteiger partial charge in [-0.25, -0.2) is 0 Å². The highest BCUT2D eigenvalue weighted by molar-refractivity contribution is 6.48. The van der Waals surface area contributed by atoms with Crippen LogP contribution in [0.3, 0.4) is 0 Å². The maximum absolute atomic E-state index is 6.26. The van der Waals surface area contributed by atoms with Crippen LogP contribution in [0.4, 0.5) is 0 Å². The molecular weight excluding hydrogens is 272 g/mol. The molecule has 0 amide bonds. The minimum absolute atomic E-state index is 0.411. The molecule has 0 aromatic rings. The predicted octanol–water partition coefficient (Wildman–Crippen LogP) is 6.51. The molecule has 1 atom stereocenters. The van der Waals surface area contributed by atoms with Crippen LogP contribution >= 0.6 is 0 Å². The summed E-state index contributed by atoms with van der Waals surface area (Å²) in [7, 11) is -0.590. The molecule has 0 heterocycles. The van der Waals surface area contributed by atoms with Crippen molar-refractivity contribution in [3.8, 4) is 0 Å². The molecule has 0 bridgehead atoms. The van der Waals surface area contributed by atoms with E-state index in [0.717, 1.165) is 5.92 Å². The van der Waals surface area contributed by atoms with Crippen LogP contribution < -0.4 is 0 Å². The first kappa shape index (κ1) is 19.0. The van der Waals surface area contributed by atoms with E-state index in [1.165, 1.54) is 77.0 Å². The summed E-state index contributed by atoms with van der Waals surface area (Å²) < 4.78 is 6.26. The van der Waals surface area contributed by atoms with Gasteiger partial charge in [0.15, 0.2) is 0 Å². The number of unbranched alkanes of at least 4 members (excludes halogenated alkanes) is 6. The normalized spacial score (nSPS) is 18.7. The van der Waals surface area contributed by atoms with Crippen LogP contribution in [0, 0.1) is 5.92 Å². The lowest BCUT2D eigenvalue weighted by Crippen LogP contribution is -2.28. The van der Waals surface area contributed by atoms with E-state index in [1.54, 1.807) is 0 Å².